The topological polar surface area (TPSA) is 68.9 Å². The lowest BCUT2D eigenvalue weighted by Crippen LogP contribution is -2.04. The average Bonchev–Trinajstić information content (AvgIpc) is 3.36. The molecule has 4 rings (SSSR count). The van der Waals surface area contributed by atoms with Crippen molar-refractivity contribution in [2.45, 2.75) is 26.2 Å². The highest BCUT2D eigenvalue weighted by Gasteiger charge is 2.11. The molecule has 146 valence electrons. The third kappa shape index (κ3) is 4.81. The van der Waals surface area contributed by atoms with Gasteiger partial charge >= 0.3 is 0 Å². The van der Waals surface area contributed by atoms with Crippen molar-refractivity contribution in [3.8, 4) is 22.6 Å². The van der Waals surface area contributed by atoms with Crippen molar-refractivity contribution in [2.24, 2.45) is 0 Å². The second-order valence-electron chi connectivity index (χ2n) is 6.69. The van der Waals surface area contributed by atoms with E-state index in [2.05, 4.69) is 15.1 Å². The Bertz CT molecular complexity index is 1130. The van der Waals surface area contributed by atoms with Crippen LogP contribution in [0.15, 0.2) is 58.4 Å². The van der Waals surface area contributed by atoms with Crippen molar-refractivity contribution in [1.82, 2.24) is 15.1 Å². The van der Waals surface area contributed by atoms with Crippen LogP contribution in [0.5, 0.6) is 0 Å². The van der Waals surface area contributed by atoms with Gasteiger partial charge in [0.1, 0.15) is 11.6 Å². The van der Waals surface area contributed by atoms with Crippen LogP contribution in [-0.2, 0) is 17.6 Å². The van der Waals surface area contributed by atoms with E-state index in [-0.39, 0.29) is 11.6 Å². The first-order chi connectivity index (χ1) is 14.1. The maximum Gasteiger partial charge on any atom is 0.223 e. The zero-order chi connectivity index (χ0) is 20.2. The fourth-order valence-corrected chi connectivity index (χ4v) is 3.79. The molecule has 0 atom stereocenters. The lowest BCUT2D eigenvalue weighted by atomic mass is 10.0. The van der Waals surface area contributed by atoms with E-state index in [0.29, 0.717) is 31.0 Å². The van der Waals surface area contributed by atoms with Gasteiger partial charge in [-0.15, -0.1) is 11.3 Å². The lowest BCUT2D eigenvalue weighted by Gasteiger charge is -2.02. The number of halogens is 1. The van der Waals surface area contributed by atoms with E-state index in [0.717, 1.165) is 27.4 Å². The first kappa shape index (κ1) is 19.1. The number of rotatable bonds is 7. The summed E-state index contributed by atoms with van der Waals surface area (Å²) in [4.78, 5) is 21.2. The van der Waals surface area contributed by atoms with E-state index in [1.807, 2.05) is 29.6 Å². The van der Waals surface area contributed by atoms with E-state index in [1.54, 1.807) is 19.1 Å². The summed E-state index contributed by atoms with van der Waals surface area (Å²) in [6.45, 7) is 1.74. The molecule has 0 aliphatic heterocycles. The number of benzene rings is 2. The molecule has 2 aromatic carbocycles. The van der Waals surface area contributed by atoms with Crippen LogP contribution in [0.25, 0.3) is 22.6 Å². The Kier molecular flexibility index (Phi) is 5.57. The highest BCUT2D eigenvalue weighted by atomic mass is 32.1. The van der Waals surface area contributed by atoms with Crippen LogP contribution in [-0.4, -0.2) is 20.9 Å². The third-order valence-electron chi connectivity index (χ3n) is 4.42. The van der Waals surface area contributed by atoms with Crippen molar-refractivity contribution >= 4 is 17.1 Å². The summed E-state index contributed by atoms with van der Waals surface area (Å²) < 4.78 is 18.1. The van der Waals surface area contributed by atoms with Crippen LogP contribution in [0.1, 0.15) is 22.9 Å². The van der Waals surface area contributed by atoms with Gasteiger partial charge in [0.2, 0.25) is 11.7 Å². The second-order valence-corrected chi connectivity index (χ2v) is 7.63. The van der Waals surface area contributed by atoms with Gasteiger partial charge in [-0.05, 0) is 35.9 Å². The number of thiazole rings is 1. The highest BCUT2D eigenvalue weighted by molar-refractivity contribution is 7.09. The molecule has 0 unspecified atom stereocenters. The minimum absolute atomic E-state index is 0.143. The van der Waals surface area contributed by atoms with Crippen LogP contribution >= 0.6 is 11.3 Å². The molecule has 5 nitrogen and oxygen atoms in total. The van der Waals surface area contributed by atoms with Gasteiger partial charge < -0.3 is 4.52 Å². The number of hydrogen-bond acceptors (Lipinski definition) is 6. The minimum atomic E-state index is -0.270. The van der Waals surface area contributed by atoms with E-state index < -0.39 is 0 Å². The molecule has 0 saturated heterocycles. The number of carbonyl (C=O) groups is 1. The third-order valence-corrected chi connectivity index (χ3v) is 5.33. The van der Waals surface area contributed by atoms with Gasteiger partial charge in [0.05, 0.1) is 10.7 Å². The number of aromatic nitrogens is 3. The minimum Gasteiger partial charge on any atom is -0.339 e. The Labute approximate surface area is 171 Å². The Hall–Kier alpha value is -3.19. The smallest absolute Gasteiger partial charge is 0.223 e. The molecule has 0 fully saturated rings. The number of hydrogen-bond donors (Lipinski definition) is 0. The van der Waals surface area contributed by atoms with Crippen LogP contribution in [0.3, 0.4) is 0 Å². The van der Waals surface area contributed by atoms with Gasteiger partial charge in [-0.2, -0.15) is 4.98 Å². The summed E-state index contributed by atoms with van der Waals surface area (Å²) in [7, 11) is 0. The molecule has 4 aromatic rings. The molecule has 0 amide bonds. The monoisotopic (exact) mass is 407 g/mol. The normalized spacial score (nSPS) is 11.0. The molecule has 0 aliphatic carbocycles. The molecule has 0 aliphatic rings. The van der Waals surface area contributed by atoms with Crippen molar-refractivity contribution in [1.29, 1.82) is 0 Å². The van der Waals surface area contributed by atoms with Gasteiger partial charge in [0.15, 0.2) is 0 Å². The maximum atomic E-state index is 13.1. The SMILES string of the molecule is Cc1nc(-c2cccc(CC(=O)CCc3nc(-c4ccc(F)cc4)cs3)c2)no1. The molecule has 0 saturated carbocycles. The molecule has 0 spiro atoms. The first-order valence-electron chi connectivity index (χ1n) is 9.18. The molecule has 2 aromatic heterocycles. The first-order valence-corrected chi connectivity index (χ1v) is 10.1. The standard InChI is InChI=1S/C22H18FN3O2S/c1-14-24-22(26-28-14)17-4-2-3-15(11-17)12-19(27)9-10-21-25-20(13-29-21)16-5-7-18(23)8-6-16/h2-8,11,13H,9-10,12H2,1H3. The predicted molar refractivity (Wildman–Crippen MR) is 109 cm³/mol. The Morgan fingerprint density at radius 3 is 2.69 bits per heavy atom. The molecular formula is C22H18FN3O2S. The quantitative estimate of drug-likeness (QED) is 0.429. The summed E-state index contributed by atoms with van der Waals surface area (Å²) in [5.41, 5.74) is 3.42. The number of nitrogens with zero attached hydrogens (tertiary/aromatic N) is 3. The summed E-state index contributed by atoms with van der Waals surface area (Å²) in [6, 6.07) is 13.9. The Balaban J connectivity index is 1.35. The summed E-state index contributed by atoms with van der Waals surface area (Å²) in [5, 5.41) is 6.75. The molecule has 7 heteroatoms. The summed E-state index contributed by atoms with van der Waals surface area (Å²) in [6.07, 6.45) is 1.36. The molecule has 29 heavy (non-hydrogen) atoms. The van der Waals surface area contributed by atoms with Gasteiger partial charge in [0, 0.05) is 42.7 Å². The lowest BCUT2D eigenvalue weighted by molar-refractivity contribution is -0.118. The molecule has 0 radical (unpaired) electrons. The van der Waals surface area contributed by atoms with Crippen molar-refractivity contribution < 1.29 is 13.7 Å². The van der Waals surface area contributed by atoms with Crippen molar-refractivity contribution in [3.63, 3.8) is 0 Å². The van der Waals surface area contributed by atoms with Crippen LogP contribution in [0, 0.1) is 12.7 Å². The number of carbonyl (C=O) groups excluding carboxylic acids is 1. The van der Waals surface area contributed by atoms with Crippen LogP contribution in [0.4, 0.5) is 4.39 Å². The maximum absolute atomic E-state index is 13.1. The number of Topliss-reactive ketones (excluding diaryl/α,β-unsaturated/α-hetero) is 1. The molecule has 0 bridgehead atoms. The van der Waals surface area contributed by atoms with Gasteiger partial charge in [-0.1, -0.05) is 23.4 Å². The van der Waals surface area contributed by atoms with Gasteiger partial charge in [-0.3, -0.25) is 4.79 Å². The van der Waals surface area contributed by atoms with E-state index in [9.17, 15) is 9.18 Å². The van der Waals surface area contributed by atoms with Crippen LogP contribution < -0.4 is 0 Å². The molecular weight excluding hydrogens is 389 g/mol. The summed E-state index contributed by atoms with van der Waals surface area (Å²) in [5.74, 6) is 0.899. The Morgan fingerprint density at radius 2 is 1.93 bits per heavy atom. The van der Waals surface area contributed by atoms with Crippen LogP contribution in [0.2, 0.25) is 0 Å². The summed E-state index contributed by atoms with van der Waals surface area (Å²) >= 11 is 1.51. The number of ketones is 1. The van der Waals surface area contributed by atoms with Gasteiger partial charge in [-0.25, -0.2) is 9.37 Å². The average molecular weight is 407 g/mol. The van der Waals surface area contributed by atoms with E-state index in [4.69, 9.17) is 4.52 Å². The zero-order valence-electron chi connectivity index (χ0n) is 15.8. The van der Waals surface area contributed by atoms with Crippen molar-refractivity contribution in [2.75, 3.05) is 0 Å². The fraction of sp³-hybridized carbons (Fsp3) is 0.182. The highest BCUT2D eigenvalue weighted by Crippen LogP contribution is 2.23. The second kappa shape index (κ2) is 8.45. The van der Waals surface area contributed by atoms with E-state index in [1.165, 1.54) is 23.5 Å². The number of aryl methyl sites for hydroxylation is 2. The molecule has 2 heterocycles. The molecule has 0 N–H and O–H groups in total. The van der Waals surface area contributed by atoms with E-state index >= 15 is 0 Å². The van der Waals surface area contributed by atoms with Crippen molar-refractivity contribution in [3.05, 3.63) is 76.2 Å². The zero-order valence-corrected chi connectivity index (χ0v) is 16.6. The fourth-order valence-electron chi connectivity index (χ4n) is 2.98. The Morgan fingerprint density at radius 1 is 1.10 bits per heavy atom. The largest absolute Gasteiger partial charge is 0.339 e. The van der Waals surface area contributed by atoms with Gasteiger partial charge in [0.25, 0.3) is 0 Å². The predicted octanol–water partition coefficient (Wildman–Crippen LogP) is 5.05.